The maximum Gasteiger partial charge on any atom is 0.00560 e. The fourth-order valence-electron chi connectivity index (χ4n) is 6.27. The first-order valence-electron chi connectivity index (χ1n) is 13.6. The van der Waals surface area contributed by atoms with Crippen LogP contribution in [0.1, 0.15) is 40.5 Å². The summed E-state index contributed by atoms with van der Waals surface area (Å²) in [6, 6.07) is 9.62. The molecule has 0 nitrogen and oxygen atoms in total. The summed E-state index contributed by atoms with van der Waals surface area (Å²) in [4.78, 5) is 0. The van der Waals surface area contributed by atoms with E-state index in [-0.39, 0.29) is 0 Å². The summed E-state index contributed by atoms with van der Waals surface area (Å²) in [5, 5.41) is 3.31. The molecule has 2 heteroatoms. The van der Waals surface area contributed by atoms with E-state index in [1.807, 2.05) is 0 Å². The minimum Gasteiger partial charge on any atom is -0.0804 e. The standard InChI is InChI=1S/C34H40P2/c1-25(29-15-5-6-16-29)35(26(2)30-17-7-8-18-30)33-23-13-14-24-34(33)36(27(3)31-19-9-10-20-31)28(4)32-21-11-12-22-32/h5-9,11,13-30H,10,12H2,1-4H3/t25-,26-,27-,28-/m0/s1. The first kappa shape index (κ1) is 25.6. The summed E-state index contributed by atoms with van der Waals surface area (Å²) in [5.41, 5.74) is 5.38. The van der Waals surface area contributed by atoms with E-state index in [4.69, 9.17) is 0 Å². The second-order valence-corrected chi connectivity index (χ2v) is 16.3. The van der Waals surface area contributed by atoms with Gasteiger partial charge in [-0.05, 0) is 45.9 Å². The highest BCUT2D eigenvalue weighted by atomic mass is 31.1. The smallest absolute Gasteiger partial charge is 0.00560 e. The summed E-state index contributed by atoms with van der Waals surface area (Å²) >= 11 is 0. The van der Waals surface area contributed by atoms with Gasteiger partial charge in [-0.3, -0.25) is 0 Å². The molecule has 0 fully saturated rings. The van der Waals surface area contributed by atoms with Crippen LogP contribution in [0.15, 0.2) is 120 Å². The Hall–Kier alpha value is -2.00. The third-order valence-corrected chi connectivity index (χ3v) is 15.2. The van der Waals surface area contributed by atoms with Crippen molar-refractivity contribution in [2.24, 2.45) is 11.8 Å². The SMILES string of the molecule is C[C@@H](C1=CCC=C1)P(c1ccccc1P([C@@H](C)C1C=CC=C1)[C@@H](C)C1C=CC=C1)[C@@H](C)C1=CCC=C1. The zero-order valence-electron chi connectivity index (χ0n) is 22.2. The molecule has 0 aromatic heterocycles. The van der Waals surface area contributed by atoms with Gasteiger partial charge in [-0.2, -0.15) is 0 Å². The molecule has 0 radical (unpaired) electrons. The van der Waals surface area contributed by atoms with Gasteiger partial charge in [0, 0.05) is 23.2 Å². The first-order chi connectivity index (χ1) is 17.6. The highest BCUT2D eigenvalue weighted by molar-refractivity contribution is 7.73. The Morgan fingerprint density at radius 1 is 0.611 bits per heavy atom. The Morgan fingerprint density at radius 2 is 1.03 bits per heavy atom. The van der Waals surface area contributed by atoms with Gasteiger partial charge in [-0.15, -0.1) is 0 Å². The van der Waals surface area contributed by atoms with Gasteiger partial charge in [0.25, 0.3) is 0 Å². The van der Waals surface area contributed by atoms with Gasteiger partial charge in [0.15, 0.2) is 0 Å². The Labute approximate surface area is 221 Å². The van der Waals surface area contributed by atoms with Crippen LogP contribution in [0.3, 0.4) is 0 Å². The van der Waals surface area contributed by atoms with Crippen LogP contribution in [0.2, 0.25) is 0 Å². The molecule has 0 amide bonds. The number of hydrogen-bond donors (Lipinski definition) is 0. The summed E-state index contributed by atoms with van der Waals surface area (Å²) in [6.07, 6.45) is 35.2. The molecule has 1 aromatic carbocycles. The fraction of sp³-hybridized carbons (Fsp3) is 0.353. The number of allylic oxidation sites excluding steroid dienone is 16. The third kappa shape index (κ3) is 5.19. The van der Waals surface area contributed by atoms with Crippen molar-refractivity contribution in [1.82, 2.24) is 0 Å². The average Bonchev–Trinajstić information content (AvgIpc) is 3.73. The Morgan fingerprint density at radius 3 is 1.42 bits per heavy atom. The van der Waals surface area contributed by atoms with Crippen molar-refractivity contribution in [2.75, 3.05) is 0 Å². The molecule has 4 aliphatic carbocycles. The molecule has 0 spiro atoms. The zero-order valence-corrected chi connectivity index (χ0v) is 24.0. The lowest BCUT2D eigenvalue weighted by molar-refractivity contribution is 0.745. The van der Waals surface area contributed by atoms with Crippen molar-refractivity contribution in [3.8, 4) is 0 Å². The van der Waals surface area contributed by atoms with Crippen molar-refractivity contribution in [3.05, 3.63) is 120 Å². The van der Waals surface area contributed by atoms with Gasteiger partial charge < -0.3 is 0 Å². The van der Waals surface area contributed by atoms with Gasteiger partial charge in [0.2, 0.25) is 0 Å². The van der Waals surface area contributed by atoms with E-state index < -0.39 is 15.8 Å². The summed E-state index contributed by atoms with van der Waals surface area (Å²) < 4.78 is 0. The summed E-state index contributed by atoms with van der Waals surface area (Å²) in [6.45, 7) is 10.0. The van der Waals surface area contributed by atoms with Crippen molar-refractivity contribution < 1.29 is 0 Å². The van der Waals surface area contributed by atoms with E-state index in [1.165, 1.54) is 0 Å². The molecule has 0 saturated carbocycles. The molecule has 0 heterocycles. The van der Waals surface area contributed by atoms with E-state index in [1.54, 1.807) is 21.8 Å². The Balaban J connectivity index is 1.61. The molecule has 0 saturated heterocycles. The molecule has 0 unspecified atom stereocenters. The third-order valence-electron chi connectivity index (χ3n) is 8.38. The lowest BCUT2D eigenvalue weighted by Crippen LogP contribution is -2.35. The highest BCUT2D eigenvalue weighted by Crippen LogP contribution is 2.57. The van der Waals surface area contributed by atoms with Gasteiger partial charge in [-0.1, -0.05) is 153 Å². The molecule has 0 bridgehead atoms. The van der Waals surface area contributed by atoms with Gasteiger partial charge >= 0.3 is 0 Å². The van der Waals surface area contributed by atoms with Crippen LogP contribution in [-0.4, -0.2) is 22.6 Å². The molecule has 0 aliphatic heterocycles. The lowest BCUT2D eigenvalue weighted by Gasteiger charge is -2.40. The van der Waals surface area contributed by atoms with Gasteiger partial charge in [0.1, 0.15) is 0 Å². The maximum atomic E-state index is 2.52. The minimum atomic E-state index is -0.422. The van der Waals surface area contributed by atoms with E-state index in [2.05, 4.69) is 137 Å². The quantitative estimate of drug-likeness (QED) is 0.276. The summed E-state index contributed by atoms with van der Waals surface area (Å²) in [5.74, 6) is 1.06. The number of hydrogen-bond acceptors (Lipinski definition) is 0. The van der Waals surface area contributed by atoms with Crippen LogP contribution in [-0.2, 0) is 0 Å². The fourth-order valence-corrected chi connectivity index (χ4v) is 13.4. The molecule has 5 rings (SSSR count). The zero-order chi connectivity index (χ0) is 25.1. The van der Waals surface area contributed by atoms with Crippen LogP contribution in [0.5, 0.6) is 0 Å². The molecule has 36 heavy (non-hydrogen) atoms. The van der Waals surface area contributed by atoms with Crippen LogP contribution < -0.4 is 10.6 Å². The number of benzene rings is 1. The van der Waals surface area contributed by atoms with Crippen molar-refractivity contribution >= 4 is 26.5 Å². The van der Waals surface area contributed by atoms with Crippen LogP contribution in [0, 0.1) is 11.8 Å². The highest BCUT2D eigenvalue weighted by Gasteiger charge is 2.37. The Kier molecular flexibility index (Phi) is 8.25. The van der Waals surface area contributed by atoms with Gasteiger partial charge in [0.05, 0.1) is 0 Å². The van der Waals surface area contributed by atoms with Crippen molar-refractivity contribution in [1.29, 1.82) is 0 Å². The van der Waals surface area contributed by atoms with Crippen molar-refractivity contribution in [3.63, 3.8) is 0 Å². The maximum absolute atomic E-state index is 2.52. The van der Waals surface area contributed by atoms with Crippen LogP contribution in [0.4, 0.5) is 0 Å². The first-order valence-corrected chi connectivity index (χ1v) is 16.6. The van der Waals surface area contributed by atoms with Crippen LogP contribution in [0.25, 0.3) is 0 Å². The Bertz CT molecular complexity index is 1090. The summed E-state index contributed by atoms with van der Waals surface area (Å²) in [7, 11) is -0.813. The van der Waals surface area contributed by atoms with Crippen molar-refractivity contribution in [2.45, 2.75) is 63.2 Å². The second kappa shape index (κ2) is 11.6. The minimum absolute atomic E-state index is 0.391. The van der Waals surface area contributed by atoms with E-state index in [9.17, 15) is 0 Å². The molecule has 4 atom stereocenters. The molecule has 4 aliphatic rings. The van der Waals surface area contributed by atoms with E-state index >= 15 is 0 Å². The van der Waals surface area contributed by atoms with Crippen LogP contribution >= 0.6 is 15.8 Å². The molecule has 1 aromatic rings. The normalized spacial score (nSPS) is 22.3. The van der Waals surface area contributed by atoms with Gasteiger partial charge in [-0.25, -0.2) is 0 Å². The number of rotatable bonds is 10. The van der Waals surface area contributed by atoms with E-state index in [0.29, 0.717) is 34.5 Å². The predicted octanol–water partition coefficient (Wildman–Crippen LogP) is 8.71. The lowest BCUT2D eigenvalue weighted by atomic mass is 10.1. The largest absolute Gasteiger partial charge is 0.0804 e. The molecular weight excluding hydrogens is 470 g/mol. The topological polar surface area (TPSA) is 0 Å². The monoisotopic (exact) mass is 510 g/mol. The second-order valence-electron chi connectivity index (χ2n) is 10.5. The van der Waals surface area contributed by atoms with E-state index in [0.717, 1.165) is 12.8 Å². The predicted molar refractivity (Wildman–Crippen MR) is 165 cm³/mol. The molecule has 186 valence electrons. The average molecular weight is 511 g/mol. The molecule has 0 N–H and O–H groups in total. The molecular formula is C34H40P2.